The van der Waals surface area contributed by atoms with E-state index in [4.69, 9.17) is 14.6 Å². The number of aromatic nitrogens is 1. The number of carbonyl (C=O) groups is 2. The first-order valence-electron chi connectivity index (χ1n) is 9.74. The van der Waals surface area contributed by atoms with E-state index in [1.54, 1.807) is 28.8 Å². The molecule has 6 nitrogen and oxygen atoms in total. The molecule has 2 aromatic carbocycles. The monoisotopic (exact) mass is 395 g/mol. The SMILES string of the molecule is CCCCCOc1ccc(C(=O)n2c(C)cc3c(OCC(=O)O)cccc32)cc1. The summed E-state index contributed by atoms with van der Waals surface area (Å²) in [7, 11) is 0. The number of unbranched alkanes of at least 4 members (excludes halogenated alkanes) is 2. The third-order valence-electron chi connectivity index (χ3n) is 4.66. The Labute approximate surface area is 169 Å². The molecule has 0 aliphatic heterocycles. The zero-order valence-electron chi connectivity index (χ0n) is 16.7. The second kappa shape index (κ2) is 9.28. The highest BCUT2D eigenvalue weighted by molar-refractivity contribution is 6.04. The molecule has 0 fully saturated rings. The molecule has 1 N–H and O–H groups in total. The van der Waals surface area contributed by atoms with E-state index in [0.29, 0.717) is 28.8 Å². The average Bonchev–Trinajstić information content (AvgIpc) is 3.06. The van der Waals surface area contributed by atoms with Gasteiger partial charge in [-0.15, -0.1) is 0 Å². The van der Waals surface area contributed by atoms with Gasteiger partial charge < -0.3 is 14.6 Å². The van der Waals surface area contributed by atoms with E-state index in [-0.39, 0.29) is 5.91 Å². The summed E-state index contributed by atoms with van der Waals surface area (Å²) in [5.74, 6) is -0.0249. The van der Waals surface area contributed by atoms with Gasteiger partial charge in [-0.3, -0.25) is 9.36 Å². The number of ether oxygens (including phenoxy) is 2. The Hall–Kier alpha value is -3.28. The standard InChI is InChI=1S/C23H25NO5/c1-3-4-5-13-28-18-11-9-17(10-12-18)23(27)24-16(2)14-19-20(24)7-6-8-21(19)29-15-22(25)26/h6-12,14H,3-5,13,15H2,1-2H3,(H,25,26). The molecular weight excluding hydrogens is 370 g/mol. The van der Waals surface area contributed by atoms with E-state index in [2.05, 4.69) is 6.92 Å². The first kappa shape index (κ1) is 20.5. The molecule has 3 aromatic rings. The Kier molecular flexibility index (Phi) is 6.54. The topological polar surface area (TPSA) is 77.8 Å². The molecule has 0 bridgehead atoms. The highest BCUT2D eigenvalue weighted by atomic mass is 16.5. The van der Waals surface area contributed by atoms with Crippen LogP contribution in [0, 0.1) is 6.92 Å². The van der Waals surface area contributed by atoms with Gasteiger partial charge in [-0.2, -0.15) is 0 Å². The molecule has 1 heterocycles. The molecule has 0 aliphatic rings. The van der Waals surface area contributed by atoms with Crippen LogP contribution in [0.5, 0.6) is 11.5 Å². The average molecular weight is 395 g/mol. The minimum absolute atomic E-state index is 0.162. The van der Waals surface area contributed by atoms with Crippen LogP contribution in [-0.2, 0) is 4.79 Å². The van der Waals surface area contributed by atoms with Crippen molar-refractivity contribution in [2.45, 2.75) is 33.1 Å². The number of hydrogen-bond acceptors (Lipinski definition) is 4. The van der Waals surface area contributed by atoms with Crippen LogP contribution in [0.25, 0.3) is 10.9 Å². The van der Waals surface area contributed by atoms with Gasteiger partial charge in [0.25, 0.3) is 5.91 Å². The summed E-state index contributed by atoms with van der Waals surface area (Å²) in [5, 5.41) is 9.56. The van der Waals surface area contributed by atoms with Gasteiger partial charge in [0.05, 0.1) is 12.1 Å². The van der Waals surface area contributed by atoms with Crippen LogP contribution in [0.4, 0.5) is 0 Å². The van der Waals surface area contributed by atoms with Crippen LogP contribution in [-0.4, -0.2) is 34.8 Å². The van der Waals surface area contributed by atoms with Crippen LogP contribution in [0.1, 0.15) is 42.2 Å². The van der Waals surface area contributed by atoms with Gasteiger partial charge in [0.2, 0.25) is 0 Å². The summed E-state index contributed by atoms with van der Waals surface area (Å²) in [6.45, 7) is 4.22. The molecular formula is C23H25NO5. The third-order valence-corrected chi connectivity index (χ3v) is 4.66. The molecule has 1 aromatic heterocycles. The number of carboxylic acid groups (broad SMARTS) is 1. The first-order chi connectivity index (χ1) is 14.0. The van der Waals surface area contributed by atoms with Crippen molar-refractivity contribution in [2.75, 3.05) is 13.2 Å². The molecule has 0 atom stereocenters. The summed E-state index contributed by atoms with van der Waals surface area (Å²) in [5.41, 5.74) is 1.97. The molecule has 0 saturated carbocycles. The van der Waals surface area contributed by atoms with E-state index < -0.39 is 12.6 Å². The maximum atomic E-state index is 13.1. The summed E-state index contributed by atoms with van der Waals surface area (Å²) in [4.78, 5) is 23.9. The number of hydrogen-bond donors (Lipinski definition) is 1. The Morgan fingerprint density at radius 2 is 1.79 bits per heavy atom. The molecule has 3 rings (SSSR count). The van der Waals surface area contributed by atoms with Crippen molar-refractivity contribution in [3.05, 3.63) is 59.8 Å². The lowest BCUT2D eigenvalue weighted by atomic mass is 10.2. The van der Waals surface area contributed by atoms with Gasteiger partial charge >= 0.3 is 5.97 Å². The van der Waals surface area contributed by atoms with Crippen molar-refractivity contribution in [2.24, 2.45) is 0 Å². The van der Waals surface area contributed by atoms with Crippen LogP contribution in [0.2, 0.25) is 0 Å². The van der Waals surface area contributed by atoms with Gasteiger partial charge in [0.1, 0.15) is 11.5 Å². The smallest absolute Gasteiger partial charge is 0.341 e. The Morgan fingerprint density at radius 1 is 1.03 bits per heavy atom. The molecule has 152 valence electrons. The van der Waals surface area contributed by atoms with Gasteiger partial charge in [0, 0.05) is 16.6 Å². The van der Waals surface area contributed by atoms with Gasteiger partial charge in [0.15, 0.2) is 6.61 Å². The quantitative estimate of drug-likeness (QED) is 0.533. The molecule has 6 heteroatoms. The second-order valence-corrected chi connectivity index (χ2v) is 6.88. The summed E-state index contributed by atoms with van der Waals surface area (Å²) in [6, 6.07) is 14.2. The van der Waals surface area contributed by atoms with Crippen molar-refractivity contribution < 1.29 is 24.2 Å². The zero-order chi connectivity index (χ0) is 20.8. The fourth-order valence-corrected chi connectivity index (χ4v) is 3.24. The highest BCUT2D eigenvalue weighted by Crippen LogP contribution is 2.29. The van der Waals surface area contributed by atoms with Crippen LogP contribution in [0.15, 0.2) is 48.5 Å². The predicted molar refractivity (Wildman–Crippen MR) is 111 cm³/mol. The van der Waals surface area contributed by atoms with Crippen molar-refractivity contribution in [3.63, 3.8) is 0 Å². The van der Waals surface area contributed by atoms with E-state index in [1.807, 2.05) is 31.2 Å². The number of rotatable bonds is 9. The van der Waals surface area contributed by atoms with Crippen molar-refractivity contribution >= 4 is 22.8 Å². The number of carboxylic acids is 1. The van der Waals surface area contributed by atoms with Crippen molar-refractivity contribution in [1.29, 1.82) is 0 Å². The molecule has 0 saturated heterocycles. The van der Waals surface area contributed by atoms with Crippen LogP contribution >= 0.6 is 0 Å². The molecule has 0 radical (unpaired) electrons. The van der Waals surface area contributed by atoms with E-state index in [1.165, 1.54) is 0 Å². The Balaban J connectivity index is 1.82. The molecule has 0 aliphatic carbocycles. The van der Waals surface area contributed by atoms with E-state index in [9.17, 15) is 9.59 Å². The fraction of sp³-hybridized carbons (Fsp3) is 0.304. The lowest BCUT2D eigenvalue weighted by Gasteiger charge is -2.10. The molecule has 29 heavy (non-hydrogen) atoms. The van der Waals surface area contributed by atoms with Crippen LogP contribution < -0.4 is 9.47 Å². The second-order valence-electron chi connectivity index (χ2n) is 6.88. The minimum Gasteiger partial charge on any atom is -0.494 e. The fourth-order valence-electron chi connectivity index (χ4n) is 3.24. The molecule has 0 amide bonds. The lowest BCUT2D eigenvalue weighted by molar-refractivity contribution is -0.139. The maximum absolute atomic E-state index is 13.1. The minimum atomic E-state index is -1.05. The maximum Gasteiger partial charge on any atom is 0.341 e. The predicted octanol–water partition coefficient (Wildman–Crippen LogP) is 4.67. The number of fused-ring (bicyclic) bond motifs is 1. The zero-order valence-corrected chi connectivity index (χ0v) is 16.7. The van der Waals surface area contributed by atoms with E-state index >= 15 is 0 Å². The summed E-state index contributed by atoms with van der Waals surface area (Å²) < 4.78 is 12.7. The first-order valence-corrected chi connectivity index (χ1v) is 9.74. The lowest BCUT2D eigenvalue weighted by Crippen LogP contribution is -2.13. The van der Waals surface area contributed by atoms with Crippen LogP contribution in [0.3, 0.4) is 0 Å². The normalized spacial score (nSPS) is 10.8. The van der Waals surface area contributed by atoms with Gasteiger partial charge in [-0.1, -0.05) is 25.8 Å². The summed E-state index contributed by atoms with van der Waals surface area (Å²) in [6.07, 6.45) is 3.29. The molecule has 0 unspecified atom stereocenters. The van der Waals surface area contributed by atoms with Gasteiger partial charge in [-0.05, 0) is 55.8 Å². The number of benzene rings is 2. The van der Waals surface area contributed by atoms with Crippen molar-refractivity contribution in [1.82, 2.24) is 4.57 Å². The van der Waals surface area contributed by atoms with Crippen molar-refractivity contribution in [3.8, 4) is 11.5 Å². The number of nitrogens with zero attached hydrogens (tertiary/aromatic N) is 1. The highest BCUT2D eigenvalue weighted by Gasteiger charge is 2.17. The van der Waals surface area contributed by atoms with E-state index in [0.717, 1.165) is 30.7 Å². The third kappa shape index (κ3) is 4.77. The number of aliphatic carboxylic acids is 1. The van der Waals surface area contributed by atoms with Gasteiger partial charge in [-0.25, -0.2) is 4.79 Å². The Bertz CT molecular complexity index is 1000. The molecule has 0 spiro atoms. The summed E-state index contributed by atoms with van der Waals surface area (Å²) >= 11 is 0. The largest absolute Gasteiger partial charge is 0.494 e. The Morgan fingerprint density at radius 3 is 2.48 bits per heavy atom. The number of carbonyl (C=O) groups excluding carboxylic acids is 1. The number of aryl methyl sites for hydroxylation is 1.